The number of rotatable bonds is 5. The van der Waals surface area contributed by atoms with Gasteiger partial charge in [0.25, 0.3) is 0 Å². The summed E-state index contributed by atoms with van der Waals surface area (Å²) in [6, 6.07) is 7.80. The molecular formula is C22H27ClN6O. The van der Waals surface area contributed by atoms with E-state index in [1.54, 1.807) is 6.33 Å². The molecule has 30 heavy (non-hydrogen) atoms. The highest BCUT2D eigenvalue weighted by molar-refractivity contribution is 6.31. The highest BCUT2D eigenvalue weighted by atomic mass is 35.5. The maximum atomic E-state index is 11.4. The van der Waals surface area contributed by atoms with E-state index in [9.17, 15) is 4.79 Å². The second kappa shape index (κ2) is 7.87. The lowest BCUT2D eigenvalue weighted by Crippen LogP contribution is -2.25. The van der Waals surface area contributed by atoms with E-state index in [0.29, 0.717) is 13.0 Å². The molecule has 0 bridgehead atoms. The average Bonchev–Trinajstić information content (AvgIpc) is 3.29. The van der Waals surface area contributed by atoms with Crippen LogP contribution in [-0.2, 0) is 16.8 Å². The lowest BCUT2D eigenvalue weighted by atomic mass is 9.96. The smallest absolute Gasteiger partial charge is 0.217 e. The van der Waals surface area contributed by atoms with Crippen LogP contribution in [0.25, 0.3) is 11.2 Å². The summed E-state index contributed by atoms with van der Waals surface area (Å²) in [5.74, 6) is 1.59. The lowest BCUT2D eigenvalue weighted by Gasteiger charge is -2.22. The standard InChI is InChI=1S/C22H27ClN6O/c1-22(2,3)21-26-19(28-9-8-14(11-28)10-17(24)30)18-20(27-21)29(13-25-18)12-15-6-4-5-7-16(15)23/h4-7,13-14H,8-12H2,1-3H3,(H2,24,30)/t14-/m0/s1. The van der Waals surface area contributed by atoms with Crippen LogP contribution in [0, 0.1) is 5.92 Å². The number of hydrogen-bond acceptors (Lipinski definition) is 5. The first-order chi connectivity index (χ1) is 14.2. The molecular weight excluding hydrogens is 400 g/mol. The van der Waals surface area contributed by atoms with E-state index in [2.05, 4.69) is 30.7 Å². The van der Waals surface area contributed by atoms with Crippen LogP contribution in [0.3, 0.4) is 0 Å². The summed E-state index contributed by atoms with van der Waals surface area (Å²) in [4.78, 5) is 28.0. The normalized spacial score (nSPS) is 17.1. The predicted octanol–water partition coefficient (Wildman–Crippen LogP) is 3.53. The second-order valence-corrected chi connectivity index (χ2v) is 9.44. The highest BCUT2D eigenvalue weighted by Gasteiger charge is 2.29. The zero-order valence-electron chi connectivity index (χ0n) is 17.6. The van der Waals surface area contributed by atoms with Gasteiger partial charge in [0.15, 0.2) is 17.0 Å². The first-order valence-corrected chi connectivity index (χ1v) is 10.6. The van der Waals surface area contributed by atoms with Crippen LogP contribution in [0.15, 0.2) is 30.6 Å². The summed E-state index contributed by atoms with van der Waals surface area (Å²) in [6.45, 7) is 8.47. The number of aromatic nitrogens is 4. The van der Waals surface area contributed by atoms with Crippen LogP contribution in [0.1, 0.15) is 45.0 Å². The second-order valence-electron chi connectivity index (χ2n) is 9.03. The number of fused-ring (bicyclic) bond motifs is 1. The van der Waals surface area contributed by atoms with Crippen LogP contribution < -0.4 is 10.6 Å². The van der Waals surface area contributed by atoms with Crippen molar-refractivity contribution in [2.45, 2.75) is 45.6 Å². The minimum atomic E-state index is -0.255. The Morgan fingerprint density at radius 3 is 2.73 bits per heavy atom. The van der Waals surface area contributed by atoms with E-state index in [4.69, 9.17) is 27.3 Å². The molecule has 1 aliphatic rings. The van der Waals surface area contributed by atoms with Gasteiger partial charge in [-0.05, 0) is 24.0 Å². The van der Waals surface area contributed by atoms with Crippen molar-refractivity contribution >= 4 is 34.5 Å². The molecule has 1 amide bonds. The number of carbonyl (C=O) groups excluding carboxylic acids is 1. The fraction of sp³-hybridized carbons (Fsp3) is 0.455. The molecule has 0 saturated carbocycles. The molecule has 1 saturated heterocycles. The molecule has 3 heterocycles. The maximum Gasteiger partial charge on any atom is 0.217 e. The third kappa shape index (κ3) is 4.12. The molecule has 1 aliphatic heterocycles. The van der Waals surface area contributed by atoms with Gasteiger partial charge in [0.2, 0.25) is 5.91 Å². The third-order valence-electron chi connectivity index (χ3n) is 5.49. The number of amides is 1. The van der Waals surface area contributed by atoms with Gasteiger partial charge in [0, 0.05) is 29.9 Å². The van der Waals surface area contributed by atoms with Crippen molar-refractivity contribution in [1.29, 1.82) is 0 Å². The Kier molecular flexibility index (Phi) is 5.40. The van der Waals surface area contributed by atoms with Gasteiger partial charge in [0.05, 0.1) is 12.9 Å². The van der Waals surface area contributed by atoms with Crippen molar-refractivity contribution in [1.82, 2.24) is 19.5 Å². The van der Waals surface area contributed by atoms with Gasteiger partial charge in [-0.2, -0.15) is 0 Å². The van der Waals surface area contributed by atoms with Gasteiger partial charge >= 0.3 is 0 Å². The highest BCUT2D eigenvalue weighted by Crippen LogP contribution is 2.32. The van der Waals surface area contributed by atoms with Crippen molar-refractivity contribution in [3.05, 3.63) is 47.0 Å². The first kappa shape index (κ1) is 20.6. The fourth-order valence-corrected chi connectivity index (χ4v) is 4.08. The van der Waals surface area contributed by atoms with Crippen LogP contribution >= 0.6 is 11.6 Å². The average molecular weight is 427 g/mol. The molecule has 7 nitrogen and oxygen atoms in total. The number of benzene rings is 1. The van der Waals surface area contributed by atoms with E-state index in [-0.39, 0.29) is 17.2 Å². The Hall–Kier alpha value is -2.67. The fourth-order valence-electron chi connectivity index (χ4n) is 3.89. The van der Waals surface area contributed by atoms with Gasteiger partial charge in [-0.1, -0.05) is 50.6 Å². The Morgan fingerprint density at radius 1 is 1.27 bits per heavy atom. The molecule has 8 heteroatoms. The molecule has 0 spiro atoms. The number of primary amides is 1. The summed E-state index contributed by atoms with van der Waals surface area (Å²) in [7, 11) is 0. The number of carbonyl (C=O) groups is 1. The van der Waals surface area contributed by atoms with Gasteiger partial charge in [0.1, 0.15) is 5.82 Å². The third-order valence-corrected chi connectivity index (χ3v) is 5.86. The van der Waals surface area contributed by atoms with Crippen LogP contribution in [0.4, 0.5) is 5.82 Å². The van der Waals surface area contributed by atoms with E-state index in [1.807, 2.05) is 28.8 Å². The van der Waals surface area contributed by atoms with E-state index < -0.39 is 0 Å². The molecule has 2 N–H and O–H groups in total. The molecule has 1 aromatic carbocycles. The number of imidazole rings is 1. The summed E-state index contributed by atoms with van der Waals surface area (Å²) >= 11 is 6.38. The van der Waals surface area contributed by atoms with Gasteiger partial charge in [-0.25, -0.2) is 15.0 Å². The van der Waals surface area contributed by atoms with Gasteiger partial charge < -0.3 is 15.2 Å². The van der Waals surface area contributed by atoms with E-state index in [0.717, 1.165) is 52.9 Å². The molecule has 0 aliphatic carbocycles. The lowest BCUT2D eigenvalue weighted by molar-refractivity contribution is -0.118. The Balaban J connectivity index is 1.76. The zero-order chi connectivity index (χ0) is 21.5. The van der Waals surface area contributed by atoms with Crippen molar-refractivity contribution in [3.8, 4) is 0 Å². The van der Waals surface area contributed by atoms with Crippen LogP contribution in [0.5, 0.6) is 0 Å². The molecule has 2 aromatic heterocycles. The first-order valence-electron chi connectivity index (χ1n) is 10.2. The molecule has 3 aromatic rings. The van der Waals surface area contributed by atoms with Crippen LogP contribution in [0.2, 0.25) is 5.02 Å². The van der Waals surface area contributed by atoms with Gasteiger partial charge in [-0.3, -0.25) is 4.79 Å². The molecule has 1 atom stereocenters. The van der Waals surface area contributed by atoms with E-state index >= 15 is 0 Å². The zero-order valence-corrected chi connectivity index (χ0v) is 18.4. The van der Waals surface area contributed by atoms with Crippen molar-refractivity contribution in [2.75, 3.05) is 18.0 Å². The van der Waals surface area contributed by atoms with Crippen LogP contribution in [-0.4, -0.2) is 38.5 Å². The van der Waals surface area contributed by atoms with Crippen molar-refractivity contribution < 1.29 is 4.79 Å². The molecule has 4 rings (SSSR count). The maximum absolute atomic E-state index is 11.4. The molecule has 1 fully saturated rings. The summed E-state index contributed by atoms with van der Waals surface area (Å²) in [5.41, 5.74) is 7.77. The summed E-state index contributed by atoms with van der Waals surface area (Å²) < 4.78 is 2.02. The Bertz CT molecular complexity index is 1090. The number of halogens is 1. The molecule has 0 unspecified atom stereocenters. The minimum Gasteiger partial charge on any atom is -0.370 e. The number of hydrogen-bond donors (Lipinski definition) is 1. The quantitative estimate of drug-likeness (QED) is 0.674. The summed E-state index contributed by atoms with van der Waals surface area (Å²) in [6.07, 6.45) is 3.12. The Labute approximate surface area is 181 Å². The SMILES string of the molecule is CC(C)(C)c1nc(N2CC[C@@H](CC(N)=O)C2)c2ncn(Cc3ccccc3Cl)c2n1. The van der Waals surface area contributed by atoms with Crippen molar-refractivity contribution in [2.24, 2.45) is 11.7 Å². The summed E-state index contributed by atoms with van der Waals surface area (Å²) in [5, 5.41) is 0.721. The minimum absolute atomic E-state index is 0.214. The largest absolute Gasteiger partial charge is 0.370 e. The Morgan fingerprint density at radius 2 is 2.03 bits per heavy atom. The number of nitrogens with two attached hydrogens (primary N) is 1. The molecule has 0 radical (unpaired) electrons. The van der Waals surface area contributed by atoms with Crippen molar-refractivity contribution in [3.63, 3.8) is 0 Å². The predicted molar refractivity (Wildman–Crippen MR) is 119 cm³/mol. The number of anilines is 1. The number of nitrogens with zero attached hydrogens (tertiary/aromatic N) is 5. The van der Waals surface area contributed by atoms with E-state index in [1.165, 1.54) is 0 Å². The molecule has 158 valence electrons. The topological polar surface area (TPSA) is 89.9 Å². The van der Waals surface area contributed by atoms with Gasteiger partial charge in [-0.15, -0.1) is 0 Å². The monoisotopic (exact) mass is 426 g/mol.